The molecule has 3 N–H and O–H groups in total. The molecule has 0 spiro atoms. The predicted molar refractivity (Wildman–Crippen MR) is 75.0 cm³/mol. The molecule has 2 nitrogen and oxygen atoms in total. The molecule has 0 amide bonds. The summed E-state index contributed by atoms with van der Waals surface area (Å²) in [6, 6.07) is 9.20. The van der Waals surface area contributed by atoms with Crippen LogP contribution in [0.3, 0.4) is 0 Å². The lowest BCUT2D eigenvalue weighted by molar-refractivity contribution is 0.589. The summed E-state index contributed by atoms with van der Waals surface area (Å²) in [5.41, 5.74) is 8.48. The Balaban J connectivity index is 2.30. The highest BCUT2D eigenvalue weighted by atomic mass is 14.9. The molecule has 17 heavy (non-hydrogen) atoms. The van der Waals surface area contributed by atoms with Crippen molar-refractivity contribution in [3.05, 3.63) is 35.4 Å². The molecule has 96 valence electrons. The average molecular weight is 234 g/mol. The van der Waals surface area contributed by atoms with Gasteiger partial charge in [0.25, 0.3) is 0 Å². The SMILES string of the molecule is CC(C)Cc1ccc(CNCCC(C)N)cc1. The molecule has 1 unspecified atom stereocenters. The quantitative estimate of drug-likeness (QED) is 0.712. The molecule has 0 aliphatic rings. The Morgan fingerprint density at radius 1 is 1.06 bits per heavy atom. The molecule has 0 aromatic heterocycles. The van der Waals surface area contributed by atoms with Crippen molar-refractivity contribution in [3.63, 3.8) is 0 Å². The predicted octanol–water partition coefficient (Wildman–Crippen LogP) is 2.71. The highest BCUT2D eigenvalue weighted by molar-refractivity contribution is 5.22. The Morgan fingerprint density at radius 3 is 2.18 bits per heavy atom. The van der Waals surface area contributed by atoms with Crippen LogP contribution in [0.25, 0.3) is 0 Å². The van der Waals surface area contributed by atoms with Gasteiger partial charge in [0, 0.05) is 12.6 Å². The van der Waals surface area contributed by atoms with Crippen LogP contribution in [0.4, 0.5) is 0 Å². The third-order valence-electron chi connectivity index (χ3n) is 2.77. The maximum atomic E-state index is 5.70. The molecule has 0 saturated carbocycles. The molecule has 0 heterocycles. The Morgan fingerprint density at radius 2 is 1.65 bits per heavy atom. The molecule has 0 aliphatic heterocycles. The second kappa shape index (κ2) is 7.46. The Bertz CT molecular complexity index is 301. The van der Waals surface area contributed by atoms with Gasteiger partial charge in [-0.1, -0.05) is 38.1 Å². The van der Waals surface area contributed by atoms with Crippen molar-refractivity contribution < 1.29 is 0 Å². The number of hydrogen-bond donors (Lipinski definition) is 2. The molecule has 0 radical (unpaired) electrons. The van der Waals surface area contributed by atoms with Crippen LogP contribution >= 0.6 is 0 Å². The fourth-order valence-electron chi connectivity index (χ4n) is 1.83. The second-order valence-corrected chi connectivity index (χ2v) is 5.36. The third-order valence-corrected chi connectivity index (χ3v) is 2.77. The first kappa shape index (κ1) is 14.2. The molecule has 0 aliphatic carbocycles. The van der Waals surface area contributed by atoms with Crippen molar-refractivity contribution in [2.24, 2.45) is 11.7 Å². The number of hydrogen-bond acceptors (Lipinski definition) is 2. The van der Waals surface area contributed by atoms with Crippen LogP contribution in [0.15, 0.2) is 24.3 Å². The summed E-state index contributed by atoms with van der Waals surface area (Å²) in [7, 11) is 0. The minimum Gasteiger partial charge on any atom is -0.328 e. The summed E-state index contributed by atoms with van der Waals surface area (Å²) in [6.07, 6.45) is 2.20. The monoisotopic (exact) mass is 234 g/mol. The van der Waals surface area contributed by atoms with Crippen LogP contribution < -0.4 is 11.1 Å². The van der Waals surface area contributed by atoms with E-state index in [1.165, 1.54) is 17.5 Å². The molecule has 1 atom stereocenters. The summed E-state index contributed by atoms with van der Waals surface area (Å²) < 4.78 is 0. The number of nitrogens with two attached hydrogens (primary N) is 1. The molecule has 0 fully saturated rings. The van der Waals surface area contributed by atoms with Crippen LogP contribution in [0, 0.1) is 5.92 Å². The lowest BCUT2D eigenvalue weighted by Gasteiger charge is -2.08. The van der Waals surface area contributed by atoms with E-state index in [0.29, 0.717) is 0 Å². The van der Waals surface area contributed by atoms with Crippen molar-refractivity contribution >= 4 is 0 Å². The van der Waals surface area contributed by atoms with Crippen molar-refractivity contribution in [3.8, 4) is 0 Å². The first-order valence-corrected chi connectivity index (χ1v) is 6.62. The van der Waals surface area contributed by atoms with Gasteiger partial charge < -0.3 is 11.1 Å². The topological polar surface area (TPSA) is 38.0 Å². The fraction of sp³-hybridized carbons (Fsp3) is 0.600. The van der Waals surface area contributed by atoms with E-state index in [-0.39, 0.29) is 6.04 Å². The number of benzene rings is 1. The Hall–Kier alpha value is -0.860. The zero-order chi connectivity index (χ0) is 12.7. The molecule has 1 rings (SSSR count). The zero-order valence-electron chi connectivity index (χ0n) is 11.4. The summed E-state index contributed by atoms with van der Waals surface area (Å²) >= 11 is 0. The minimum absolute atomic E-state index is 0.288. The van der Waals surface area contributed by atoms with Crippen LogP contribution in [0.1, 0.15) is 38.3 Å². The van der Waals surface area contributed by atoms with E-state index >= 15 is 0 Å². The van der Waals surface area contributed by atoms with E-state index in [4.69, 9.17) is 5.73 Å². The van der Waals surface area contributed by atoms with Crippen molar-refractivity contribution in [2.75, 3.05) is 6.54 Å². The van der Waals surface area contributed by atoms with Gasteiger partial charge in [0.1, 0.15) is 0 Å². The summed E-state index contributed by atoms with van der Waals surface area (Å²) in [5, 5.41) is 3.41. The van der Waals surface area contributed by atoms with Crippen LogP contribution in [-0.4, -0.2) is 12.6 Å². The lowest BCUT2D eigenvalue weighted by atomic mass is 10.0. The van der Waals surface area contributed by atoms with Crippen LogP contribution in [0.2, 0.25) is 0 Å². The first-order valence-electron chi connectivity index (χ1n) is 6.62. The third kappa shape index (κ3) is 6.44. The van der Waals surface area contributed by atoms with Crippen molar-refractivity contribution in [2.45, 2.75) is 46.2 Å². The van der Waals surface area contributed by atoms with Gasteiger partial charge in [0.05, 0.1) is 0 Å². The van der Waals surface area contributed by atoms with E-state index in [2.05, 4.69) is 43.4 Å². The van der Waals surface area contributed by atoms with E-state index < -0.39 is 0 Å². The van der Waals surface area contributed by atoms with Crippen LogP contribution in [0.5, 0.6) is 0 Å². The van der Waals surface area contributed by atoms with Crippen molar-refractivity contribution in [1.82, 2.24) is 5.32 Å². The molecular weight excluding hydrogens is 208 g/mol. The van der Waals surface area contributed by atoms with Gasteiger partial charge in [-0.3, -0.25) is 0 Å². The summed E-state index contributed by atoms with van der Waals surface area (Å²) in [5.74, 6) is 0.727. The first-order chi connectivity index (χ1) is 8.08. The van der Waals surface area contributed by atoms with Crippen molar-refractivity contribution in [1.29, 1.82) is 0 Å². The smallest absolute Gasteiger partial charge is 0.0205 e. The standard InChI is InChI=1S/C15H26N2/c1-12(2)10-14-4-6-15(7-5-14)11-17-9-8-13(3)16/h4-7,12-13,17H,8-11,16H2,1-3H3. The highest BCUT2D eigenvalue weighted by Crippen LogP contribution is 2.09. The zero-order valence-corrected chi connectivity index (χ0v) is 11.4. The maximum absolute atomic E-state index is 5.70. The van der Waals surface area contributed by atoms with Gasteiger partial charge in [-0.2, -0.15) is 0 Å². The normalized spacial score (nSPS) is 13.0. The van der Waals surface area contributed by atoms with E-state index in [1.807, 2.05) is 6.92 Å². The molecule has 1 aromatic rings. The van der Waals surface area contributed by atoms with Gasteiger partial charge in [0.2, 0.25) is 0 Å². The Labute approximate surface area is 106 Å². The van der Waals surface area contributed by atoms with Gasteiger partial charge >= 0.3 is 0 Å². The largest absolute Gasteiger partial charge is 0.328 e. The van der Waals surface area contributed by atoms with E-state index in [9.17, 15) is 0 Å². The fourth-order valence-corrected chi connectivity index (χ4v) is 1.83. The van der Waals surface area contributed by atoms with Gasteiger partial charge in [-0.25, -0.2) is 0 Å². The number of nitrogens with one attached hydrogen (secondary N) is 1. The minimum atomic E-state index is 0.288. The summed E-state index contributed by atoms with van der Waals surface area (Å²) in [4.78, 5) is 0. The molecule has 2 heteroatoms. The summed E-state index contributed by atoms with van der Waals surface area (Å²) in [6.45, 7) is 8.48. The van der Waals surface area contributed by atoms with E-state index in [0.717, 1.165) is 25.4 Å². The van der Waals surface area contributed by atoms with Gasteiger partial charge in [-0.15, -0.1) is 0 Å². The van der Waals surface area contributed by atoms with Gasteiger partial charge in [-0.05, 0) is 43.4 Å². The molecule has 1 aromatic carbocycles. The molecular formula is C15H26N2. The number of rotatable bonds is 7. The van der Waals surface area contributed by atoms with Gasteiger partial charge in [0.15, 0.2) is 0 Å². The average Bonchev–Trinajstić information content (AvgIpc) is 2.25. The maximum Gasteiger partial charge on any atom is 0.0205 e. The Kier molecular flexibility index (Phi) is 6.23. The van der Waals surface area contributed by atoms with Crippen LogP contribution in [-0.2, 0) is 13.0 Å². The lowest BCUT2D eigenvalue weighted by Crippen LogP contribution is -2.23. The molecule has 0 bridgehead atoms. The second-order valence-electron chi connectivity index (χ2n) is 5.36. The highest BCUT2D eigenvalue weighted by Gasteiger charge is 1.98. The van der Waals surface area contributed by atoms with E-state index in [1.54, 1.807) is 0 Å². The molecule has 0 saturated heterocycles.